The molecule has 5 nitrogen and oxygen atoms in total. The van der Waals surface area contributed by atoms with Gasteiger partial charge in [-0.3, -0.25) is 4.79 Å². The Bertz CT molecular complexity index is 942. The Balaban J connectivity index is 1.48. The van der Waals surface area contributed by atoms with Crippen molar-refractivity contribution in [2.75, 3.05) is 13.2 Å². The third-order valence-electron chi connectivity index (χ3n) is 5.01. The van der Waals surface area contributed by atoms with E-state index in [1.807, 2.05) is 65.7 Å². The number of carbonyl (C=O) groups excluding carboxylic acids is 1. The standard InChI is InChI=1S/C22H22BrN3O2/c23-17-10-4-5-12-20(17)28-15-21(27)26-13-7-6-11-19(26)22-24-14-18(25-22)16-8-2-1-3-9-16/h1-5,8-10,12,14,19H,6-7,11,13,15H2,(H,24,25). The molecular formula is C22H22BrN3O2. The summed E-state index contributed by atoms with van der Waals surface area (Å²) in [5, 5.41) is 0. The van der Waals surface area contributed by atoms with Gasteiger partial charge in [0.1, 0.15) is 11.6 Å². The third-order valence-corrected chi connectivity index (χ3v) is 5.66. The molecule has 1 saturated heterocycles. The molecule has 144 valence electrons. The average Bonchev–Trinajstić information content (AvgIpc) is 3.24. The maximum Gasteiger partial charge on any atom is 0.261 e. The molecule has 1 aliphatic rings. The second-order valence-corrected chi connectivity index (χ2v) is 7.72. The van der Waals surface area contributed by atoms with Crippen molar-refractivity contribution < 1.29 is 9.53 Å². The van der Waals surface area contributed by atoms with Gasteiger partial charge in [0.2, 0.25) is 0 Å². The van der Waals surface area contributed by atoms with Gasteiger partial charge in [0.25, 0.3) is 5.91 Å². The van der Waals surface area contributed by atoms with Crippen LogP contribution in [0.3, 0.4) is 0 Å². The molecule has 1 unspecified atom stereocenters. The fourth-order valence-electron chi connectivity index (χ4n) is 3.57. The number of para-hydroxylation sites is 1. The number of halogens is 1. The van der Waals surface area contributed by atoms with Gasteiger partial charge in [0, 0.05) is 6.54 Å². The summed E-state index contributed by atoms with van der Waals surface area (Å²) in [7, 11) is 0. The van der Waals surface area contributed by atoms with Crippen molar-refractivity contribution in [2.45, 2.75) is 25.3 Å². The summed E-state index contributed by atoms with van der Waals surface area (Å²) in [6, 6.07) is 17.6. The smallest absolute Gasteiger partial charge is 0.261 e. The number of hydrogen-bond acceptors (Lipinski definition) is 3. The first-order valence-electron chi connectivity index (χ1n) is 9.49. The van der Waals surface area contributed by atoms with Gasteiger partial charge in [-0.25, -0.2) is 4.98 Å². The van der Waals surface area contributed by atoms with Gasteiger partial charge in [-0.1, -0.05) is 42.5 Å². The first-order valence-corrected chi connectivity index (χ1v) is 10.3. The van der Waals surface area contributed by atoms with Gasteiger partial charge in [-0.15, -0.1) is 0 Å². The Labute approximate surface area is 172 Å². The second-order valence-electron chi connectivity index (χ2n) is 6.87. The second kappa shape index (κ2) is 8.61. The zero-order valence-corrected chi connectivity index (χ0v) is 17.1. The van der Waals surface area contributed by atoms with Crippen molar-refractivity contribution in [3.63, 3.8) is 0 Å². The van der Waals surface area contributed by atoms with Gasteiger partial charge in [-0.05, 0) is 52.9 Å². The van der Waals surface area contributed by atoms with Crippen LogP contribution in [0.25, 0.3) is 11.3 Å². The van der Waals surface area contributed by atoms with Crippen LogP contribution in [0.5, 0.6) is 5.75 Å². The number of H-pyrrole nitrogens is 1. The molecule has 2 heterocycles. The molecule has 1 aliphatic heterocycles. The number of likely N-dealkylation sites (tertiary alicyclic amines) is 1. The lowest BCUT2D eigenvalue weighted by molar-refractivity contribution is -0.137. The lowest BCUT2D eigenvalue weighted by atomic mass is 10.0. The van der Waals surface area contributed by atoms with Gasteiger partial charge >= 0.3 is 0 Å². The number of rotatable bonds is 5. The minimum Gasteiger partial charge on any atom is -0.483 e. The van der Waals surface area contributed by atoms with Gasteiger partial charge < -0.3 is 14.6 Å². The topological polar surface area (TPSA) is 58.2 Å². The molecule has 0 saturated carbocycles. The molecule has 4 rings (SSSR count). The Morgan fingerprint density at radius 2 is 1.93 bits per heavy atom. The van der Waals surface area contributed by atoms with Crippen LogP contribution in [0.15, 0.2) is 65.3 Å². The molecule has 1 aromatic heterocycles. The zero-order valence-electron chi connectivity index (χ0n) is 15.5. The zero-order chi connectivity index (χ0) is 19.3. The summed E-state index contributed by atoms with van der Waals surface area (Å²) in [4.78, 5) is 22.8. The van der Waals surface area contributed by atoms with Crippen LogP contribution in [-0.2, 0) is 4.79 Å². The highest BCUT2D eigenvalue weighted by atomic mass is 79.9. The van der Waals surface area contributed by atoms with E-state index in [2.05, 4.69) is 25.9 Å². The van der Waals surface area contributed by atoms with E-state index in [-0.39, 0.29) is 18.6 Å². The number of aromatic nitrogens is 2. The van der Waals surface area contributed by atoms with Crippen molar-refractivity contribution in [1.82, 2.24) is 14.9 Å². The summed E-state index contributed by atoms with van der Waals surface area (Å²) >= 11 is 3.45. The first kappa shape index (κ1) is 18.7. The van der Waals surface area contributed by atoms with E-state index in [9.17, 15) is 4.79 Å². The highest BCUT2D eigenvalue weighted by Gasteiger charge is 2.30. The lowest BCUT2D eigenvalue weighted by Crippen LogP contribution is -2.41. The molecule has 0 radical (unpaired) electrons. The van der Waals surface area contributed by atoms with Crippen LogP contribution >= 0.6 is 15.9 Å². The molecule has 1 atom stereocenters. The van der Waals surface area contributed by atoms with Crippen LogP contribution in [0.4, 0.5) is 0 Å². The lowest BCUT2D eigenvalue weighted by Gasteiger charge is -2.34. The monoisotopic (exact) mass is 439 g/mol. The molecule has 0 aliphatic carbocycles. The van der Waals surface area contributed by atoms with E-state index >= 15 is 0 Å². The highest BCUT2D eigenvalue weighted by Crippen LogP contribution is 2.31. The number of hydrogen-bond donors (Lipinski definition) is 1. The molecule has 1 fully saturated rings. The number of imidazole rings is 1. The maximum atomic E-state index is 12.9. The van der Waals surface area contributed by atoms with E-state index in [1.165, 1.54) is 0 Å². The van der Waals surface area contributed by atoms with E-state index in [1.54, 1.807) is 0 Å². The largest absolute Gasteiger partial charge is 0.483 e. The number of ether oxygens (including phenoxy) is 1. The van der Waals surface area contributed by atoms with Crippen LogP contribution in [0, 0.1) is 0 Å². The molecule has 1 N–H and O–H groups in total. The molecule has 28 heavy (non-hydrogen) atoms. The van der Waals surface area contributed by atoms with Crippen molar-refractivity contribution >= 4 is 21.8 Å². The number of nitrogens with zero attached hydrogens (tertiary/aromatic N) is 2. The quantitative estimate of drug-likeness (QED) is 0.610. The molecular weight excluding hydrogens is 418 g/mol. The van der Waals surface area contributed by atoms with E-state index in [0.29, 0.717) is 5.75 Å². The SMILES string of the molecule is O=C(COc1ccccc1Br)N1CCCCC1c1ncc(-c2ccccc2)[nH]1. The average molecular weight is 440 g/mol. The summed E-state index contributed by atoms with van der Waals surface area (Å²) in [6.07, 6.45) is 4.84. The summed E-state index contributed by atoms with van der Waals surface area (Å²) < 4.78 is 6.59. The van der Waals surface area contributed by atoms with Crippen molar-refractivity contribution in [3.8, 4) is 17.0 Å². The van der Waals surface area contributed by atoms with E-state index in [0.717, 1.165) is 47.4 Å². The minimum absolute atomic E-state index is 0.0156. The molecule has 6 heteroatoms. The Morgan fingerprint density at radius 3 is 2.75 bits per heavy atom. The number of amides is 1. The number of aromatic amines is 1. The van der Waals surface area contributed by atoms with Crippen LogP contribution in [0.2, 0.25) is 0 Å². The summed E-state index contributed by atoms with van der Waals surface area (Å²) in [5.41, 5.74) is 2.06. The fraction of sp³-hybridized carbons (Fsp3) is 0.273. The van der Waals surface area contributed by atoms with Gasteiger partial charge in [0.15, 0.2) is 6.61 Å². The third kappa shape index (κ3) is 4.12. The summed E-state index contributed by atoms with van der Waals surface area (Å²) in [5.74, 6) is 1.50. The van der Waals surface area contributed by atoms with Crippen molar-refractivity contribution in [2.24, 2.45) is 0 Å². The minimum atomic E-state index is -0.0403. The fourth-order valence-corrected chi connectivity index (χ4v) is 3.97. The molecule has 1 amide bonds. The Kier molecular flexibility index (Phi) is 5.76. The molecule has 3 aromatic rings. The van der Waals surface area contributed by atoms with E-state index < -0.39 is 0 Å². The number of nitrogens with one attached hydrogen (secondary N) is 1. The molecule has 2 aromatic carbocycles. The first-order chi connectivity index (χ1) is 13.7. The molecule has 0 spiro atoms. The van der Waals surface area contributed by atoms with Gasteiger partial charge in [0.05, 0.1) is 22.4 Å². The number of carbonyl (C=O) groups is 1. The maximum absolute atomic E-state index is 12.9. The number of benzene rings is 2. The van der Waals surface area contributed by atoms with E-state index in [4.69, 9.17) is 4.74 Å². The molecule has 0 bridgehead atoms. The highest BCUT2D eigenvalue weighted by molar-refractivity contribution is 9.10. The normalized spacial score (nSPS) is 16.8. The van der Waals surface area contributed by atoms with Gasteiger partial charge in [-0.2, -0.15) is 0 Å². The number of piperidine rings is 1. The Morgan fingerprint density at radius 1 is 1.14 bits per heavy atom. The van der Waals surface area contributed by atoms with Crippen LogP contribution in [-0.4, -0.2) is 33.9 Å². The Hall–Kier alpha value is -2.60. The predicted molar refractivity (Wildman–Crippen MR) is 112 cm³/mol. The van der Waals surface area contributed by atoms with Crippen molar-refractivity contribution in [3.05, 3.63) is 71.1 Å². The predicted octanol–water partition coefficient (Wildman–Crippen LogP) is 4.97. The summed E-state index contributed by atoms with van der Waals surface area (Å²) in [6.45, 7) is 0.746. The van der Waals surface area contributed by atoms with Crippen LogP contribution < -0.4 is 4.74 Å². The van der Waals surface area contributed by atoms with Crippen LogP contribution in [0.1, 0.15) is 31.1 Å². The van der Waals surface area contributed by atoms with Crippen molar-refractivity contribution in [1.29, 1.82) is 0 Å².